The van der Waals surface area contributed by atoms with Crippen LogP contribution < -0.4 is 10.9 Å². The number of carbonyl (C=O) groups is 1. The summed E-state index contributed by atoms with van der Waals surface area (Å²) >= 11 is 6.36. The van der Waals surface area contributed by atoms with Crippen LogP contribution in [0, 0.1) is 13.8 Å². The summed E-state index contributed by atoms with van der Waals surface area (Å²) in [5.74, 6) is -0.565. The van der Waals surface area contributed by atoms with Crippen LogP contribution in [-0.4, -0.2) is 25.1 Å². The molecule has 0 atom stereocenters. The van der Waals surface area contributed by atoms with Crippen molar-refractivity contribution in [2.45, 2.75) is 20.4 Å². The van der Waals surface area contributed by atoms with E-state index in [2.05, 4.69) is 15.4 Å². The highest BCUT2D eigenvalue weighted by molar-refractivity contribution is 6.31. The van der Waals surface area contributed by atoms with Gasteiger partial charge in [-0.3, -0.25) is 14.2 Å². The quantitative estimate of drug-likeness (QED) is 0.427. The Hall–Kier alpha value is -3.97. The van der Waals surface area contributed by atoms with Crippen LogP contribution in [0.2, 0.25) is 5.02 Å². The number of benzene rings is 3. The Balaban J connectivity index is 1.65. The van der Waals surface area contributed by atoms with E-state index < -0.39 is 5.91 Å². The predicted molar refractivity (Wildman–Crippen MR) is 129 cm³/mol. The molecule has 2 aromatic heterocycles. The zero-order valence-electron chi connectivity index (χ0n) is 18.0. The summed E-state index contributed by atoms with van der Waals surface area (Å²) in [5, 5.41) is 7.72. The summed E-state index contributed by atoms with van der Waals surface area (Å²) in [7, 11) is 0. The van der Waals surface area contributed by atoms with Crippen LogP contribution in [0.5, 0.6) is 0 Å². The number of halogens is 1. The van der Waals surface area contributed by atoms with Gasteiger partial charge in [-0.15, -0.1) is 5.10 Å². The first-order chi connectivity index (χ1) is 15.9. The fourth-order valence-electron chi connectivity index (χ4n) is 3.75. The highest BCUT2D eigenvalue weighted by Crippen LogP contribution is 2.20. The van der Waals surface area contributed by atoms with Crippen LogP contribution >= 0.6 is 11.6 Å². The highest BCUT2D eigenvalue weighted by atomic mass is 35.5. The molecule has 2 heterocycles. The number of rotatable bonds is 4. The summed E-state index contributed by atoms with van der Waals surface area (Å²) < 4.78 is 3.06. The number of carbonyl (C=O) groups excluding carboxylic acids is 1. The first-order valence-corrected chi connectivity index (χ1v) is 10.8. The minimum absolute atomic E-state index is 0.0764. The Labute approximate surface area is 194 Å². The molecule has 0 aliphatic heterocycles. The molecule has 5 rings (SSSR count). The number of nitrogens with one attached hydrogen (secondary N) is 1. The lowest BCUT2D eigenvalue weighted by Gasteiger charge is -2.13. The van der Waals surface area contributed by atoms with Gasteiger partial charge in [0, 0.05) is 10.7 Å². The molecule has 0 aliphatic carbocycles. The van der Waals surface area contributed by atoms with Crippen LogP contribution in [-0.2, 0) is 6.54 Å². The molecular weight excluding hydrogens is 438 g/mol. The molecule has 7 nitrogen and oxygen atoms in total. The van der Waals surface area contributed by atoms with Gasteiger partial charge in [-0.1, -0.05) is 53.6 Å². The van der Waals surface area contributed by atoms with E-state index in [1.807, 2.05) is 62.4 Å². The van der Waals surface area contributed by atoms with Crippen molar-refractivity contribution in [2.75, 3.05) is 5.32 Å². The highest BCUT2D eigenvalue weighted by Gasteiger charge is 2.20. The van der Waals surface area contributed by atoms with Crippen molar-refractivity contribution < 1.29 is 4.79 Å². The van der Waals surface area contributed by atoms with Gasteiger partial charge in [-0.2, -0.15) is 4.98 Å². The molecule has 0 fully saturated rings. The number of fused-ring (bicyclic) bond motifs is 3. The summed E-state index contributed by atoms with van der Waals surface area (Å²) in [5.41, 5.74) is 4.59. The average molecular weight is 458 g/mol. The first kappa shape index (κ1) is 20.9. The molecule has 0 bridgehead atoms. The number of anilines is 1. The number of aromatic nitrogens is 4. The maximum Gasteiger partial charge on any atom is 0.296 e. The molecule has 5 aromatic rings. The normalized spacial score (nSPS) is 11.2. The van der Waals surface area contributed by atoms with E-state index >= 15 is 0 Å². The van der Waals surface area contributed by atoms with Crippen LogP contribution in [0.25, 0.3) is 16.7 Å². The van der Waals surface area contributed by atoms with Crippen molar-refractivity contribution in [1.82, 2.24) is 19.2 Å². The lowest BCUT2D eigenvalue weighted by Crippen LogP contribution is -2.24. The lowest BCUT2D eigenvalue weighted by molar-refractivity contribution is 0.101. The second kappa shape index (κ2) is 8.18. The number of nitrogens with zero attached hydrogens (tertiary/aromatic N) is 4. The summed E-state index contributed by atoms with van der Waals surface area (Å²) in [4.78, 5) is 30.6. The predicted octanol–water partition coefficient (Wildman–Crippen LogP) is 4.62. The molecule has 0 spiro atoms. The Kier molecular flexibility index (Phi) is 5.18. The summed E-state index contributed by atoms with van der Waals surface area (Å²) in [6.45, 7) is 4.19. The Bertz CT molecular complexity index is 1590. The van der Waals surface area contributed by atoms with Gasteiger partial charge in [-0.05, 0) is 55.3 Å². The third kappa shape index (κ3) is 3.87. The van der Waals surface area contributed by atoms with Gasteiger partial charge in [0.1, 0.15) is 0 Å². The van der Waals surface area contributed by atoms with Crippen LogP contribution in [0.1, 0.15) is 27.3 Å². The Morgan fingerprint density at radius 1 is 0.970 bits per heavy atom. The first-order valence-electron chi connectivity index (χ1n) is 10.4. The minimum Gasteiger partial charge on any atom is -0.319 e. The topological polar surface area (TPSA) is 81.3 Å². The number of hydrogen-bond donors (Lipinski definition) is 1. The SMILES string of the molecule is Cc1ccc(NC(=O)c2nc3c(=O)n(Cc4ccccc4Cl)c4cc(C)ccc4n3n2)cc1. The van der Waals surface area contributed by atoms with Crippen molar-refractivity contribution in [2.24, 2.45) is 0 Å². The molecule has 0 unspecified atom stereocenters. The number of hydrogen-bond acceptors (Lipinski definition) is 4. The molecule has 1 amide bonds. The van der Waals surface area contributed by atoms with Gasteiger partial charge >= 0.3 is 0 Å². The van der Waals surface area contributed by atoms with Gasteiger partial charge in [0.2, 0.25) is 11.5 Å². The third-order valence-electron chi connectivity index (χ3n) is 5.49. The van der Waals surface area contributed by atoms with E-state index in [1.165, 1.54) is 4.52 Å². The molecule has 33 heavy (non-hydrogen) atoms. The molecule has 0 radical (unpaired) electrons. The molecule has 3 aromatic carbocycles. The smallest absolute Gasteiger partial charge is 0.296 e. The largest absolute Gasteiger partial charge is 0.319 e. The monoisotopic (exact) mass is 457 g/mol. The van der Waals surface area contributed by atoms with E-state index in [9.17, 15) is 9.59 Å². The zero-order valence-corrected chi connectivity index (χ0v) is 18.8. The molecule has 0 saturated heterocycles. The summed E-state index contributed by atoms with van der Waals surface area (Å²) in [6.07, 6.45) is 0. The Morgan fingerprint density at radius 3 is 2.45 bits per heavy atom. The maximum absolute atomic E-state index is 13.5. The van der Waals surface area contributed by atoms with E-state index in [0.717, 1.165) is 16.7 Å². The Morgan fingerprint density at radius 2 is 1.70 bits per heavy atom. The third-order valence-corrected chi connectivity index (χ3v) is 5.86. The van der Waals surface area contributed by atoms with Crippen LogP contribution in [0.4, 0.5) is 5.69 Å². The van der Waals surface area contributed by atoms with E-state index in [-0.39, 0.29) is 23.6 Å². The fraction of sp³-hybridized carbons (Fsp3) is 0.120. The zero-order chi connectivity index (χ0) is 23.1. The fourth-order valence-corrected chi connectivity index (χ4v) is 3.95. The van der Waals surface area contributed by atoms with Crippen molar-refractivity contribution in [3.8, 4) is 0 Å². The number of aryl methyl sites for hydroxylation is 2. The van der Waals surface area contributed by atoms with Crippen molar-refractivity contribution in [3.63, 3.8) is 0 Å². The minimum atomic E-state index is -0.486. The van der Waals surface area contributed by atoms with Gasteiger partial charge in [-0.25, -0.2) is 4.52 Å². The van der Waals surface area contributed by atoms with Crippen LogP contribution in [0.15, 0.2) is 71.5 Å². The van der Waals surface area contributed by atoms with Gasteiger partial charge in [0.05, 0.1) is 17.6 Å². The second-order valence-corrected chi connectivity index (χ2v) is 8.37. The molecular formula is C25H20ClN5O2. The van der Waals surface area contributed by atoms with Crippen molar-refractivity contribution >= 4 is 39.9 Å². The maximum atomic E-state index is 13.5. The average Bonchev–Trinajstić information content (AvgIpc) is 3.25. The standard InChI is InChI=1S/C25H20ClN5O2/c1-15-7-10-18(11-8-15)27-24(32)22-28-23-25(33)30(14-17-5-3-4-6-19(17)26)21-13-16(2)9-12-20(21)31(23)29-22/h3-13H,14H2,1-2H3,(H,27,32). The molecule has 0 saturated carbocycles. The van der Waals surface area contributed by atoms with E-state index in [0.29, 0.717) is 21.7 Å². The van der Waals surface area contributed by atoms with Crippen LogP contribution in [0.3, 0.4) is 0 Å². The van der Waals surface area contributed by atoms with Gasteiger partial charge in [0.25, 0.3) is 11.5 Å². The molecule has 8 heteroatoms. The second-order valence-electron chi connectivity index (χ2n) is 7.97. The number of amides is 1. The summed E-state index contributed by atoms with van der Waals surface area (Å²) in [6, 6.07) is 20.5. The van der Waals surface area contributed by atoms with Crippen molar-refractivity contribution in [1.29, 1.82) is 0 Å². The van der Waals surface area contributed by atoms with Gasteiger partial charge < -0.3 is 5.32 Å². The molecule has 0 aliphatic rings. The van der Waals surface area contributed by atoms with E-state index in [4.69, 9.17) is 11.6 Å². The molecule has 164 valence electrons. The van der Waals surface area contributed by atoms with Crippen molar-refractivity contribution in [3.05, 3.63) is 105 Å². The van der Waals surface area contributed by atoms with Gasteiger partial charge in [0.15, 0.2) is 0 Å². The van der Waals surface area contributed by atoms with E-state index in [1.54, 1.807) is 22.8 Å². The molecule has 1 N–H and O–H groups in total. The lowest BCUT2D eigenvalue weighted by atomic mass is 10.2.